The molecule has 1 aliphatic carbocycles. The van der Waals surface area contributed by atoms with Crippen LogP contribution >= 0.6 is 0 Å². The number of hydrogen-bond acceptors (Lipinski definition) is 6. The smallest absolute Gasteiger partial charge is 0.270 e. The van der Waals surface area contributed by atoms with E-state index in [4.69, 9.17) is 0 Å². The van der Waals surface area contributed by atoms with Gasteiger partial charge in [-0.2, -0.15) is 10.2 Å². The van der Waals surface area contributed by atoms with Crippen molar-refractivity contribution in [2.75, 3.05) is 5.32 Å². The second-order valence-electron chi connectivity index (χ2n) is 8.73. The van der Waals surface area contributed by atoms with Crippen LogP contribution in [0.1, 0.15) is 62.3 Å². The van der Waals surface area contributed by atoms with Gasteiger partial charge in [0, 0.05) is 35.4 Å². The Balaban J connectivity index is 1.56. The number of hydrogen-bond donors (Lipinski definition) is 2. The Kier molecular flexibility index (Phi) is 4.33. The molecule has 2 aliphatic rings. The largest absolute Gasteiger partial charge is 0.324 e. The van der Waals surface area contributed by atoms with Crippen LogP contribution < -0.4 is 16.2 Å². The van der Waals surface area contributed by atoms with Crippen LogP contribution in [0.15, 0.2) is 35.3 Å². The highest BCUT2D eigenvalue weighted by Gasteiger charge is 2.29. The number of anilines is 2. The van der Waals surface area contributed by atoms with Crippen molar-refractivity contribution in [3.05, 3.63) is 57.5 Å². The quantitative estimate of drug-likeness (QED) is 0.693. The van der Waals surface area contributed by atoms with E-state index in [2.05, 4.69) is 46.6 Å². The third-order valence-electron chi connectivity index (χ3n) is 6.34. The van der Waals surface area contributed by atoms with E-state index in [0.29, 0.717) is 17.0 Å². The molecule has 0 saturated heterocycles. The number of nitriles is 1. The Labute approximate surface area is 174 Å². The van der Waals surface area contributed by atoms with Crippen LogP contribution in [0.4, 0.5) is 11.6 Å². The van der Waals surface area contributed by atoms with Gasteiger partial charge in [0.25, 0.3) is 5.56 Å². The standard InChI is InChI=1S/C23H24N6O/c1-23(2)19-8-7-17(10-15(19)13-26-23)27-22-25-12-16-9-14(11-24)21(30)29(20(16)28-22)18-5-3-4-6-18/h7-10,12,18,26H,3-6,13H2,1-2H3,(H,25,27,28). The zero-order valence-corrected chi connectivity index (χ0v) is 17.2. The van der Waals surface area contributed by atoms with Crippen LogP contribution in [0.25, 0.3) is 11.0 Å². The van der Waals surface area contributed by atoms with Gasteiger partial charge < -0.3 is 10.6 Å². The summed E-state index contributed by atoms with van der Waals surface area (Å²) in [5.74, 6) is 0.448. The fourth-order valence-electron chi connectivity index (χ4n) is 4.73. The first kappa shape index (κ1) is 18.8. The van der Waals surface area contributed by atoms with Crippen molar-refractivity contribution in [2.45, 2.75) is 57.7 Å². The number of aromatic nitrogens is 3. The minimum atomic E-state index is -0.257. The summed E-state index contributed by atoms with van der Waals surface area (Å²) in [6.07, 6.45) is 5.74. The third-order valence-corrected chi connectivity index (χ3v) is 6.34. The average molecular weight is 400 g/mol. The monoisotopic (exact) mass is 400 g/mol. The normalized spacial score (nSPS) is 17.8. The van der Waals surface area contributed by atoms with E-state index in [1.807, 2.05) is 12.1 Å². The number of pyridine rings is 1. The molecule has 3 heterocycles. The topological polar surface area (TPSA) is 95.6 Å². The van der Waals surface area contributed by atoms with Gasteiger partial charge in [-0.15, -0.1) is 0 Å². The van der Waals surface area contributed by atoms with E-state index in [-0.39, 0.29) is 22.7 Å². The lowest BCUT2D eigenvalue weighted by atomic mass is 9.94. The molecule has 1 aromatic carbocycles. The zero-order chi connectivity index (χ0) is 20.9. The molecule has 1 fully saturated rings. The fraction of sp³-hybridized carbons (Fsp3) is 0.391. The Morgan fingerprint density at radius 2 is 2.07 bits per heavy atom. The van der Waals surface area contributed by atoms with Gasteiger partial charge >= 0.3 is 0 Å². The molecular weight excluding hydrogens is 376 g/mol. The summed E-state index contributed by atoms with van der Waals surface area (Å²) in [6.45, 7) is 5.18. The summed E-state index contributed by atoms with van der Waals surface area (Å²) in [5, 5.41) is 16.9. The summed E-state index contributed by atoms with van der Waals surface area (Å²) in [7, 11) is 0. The van der Waals surface area contributed by atoms with Gasteiger partial charge in [-0.1, -0.05) is 18.9 Å². The lowest BCUT2D eigenvalue weighted by Gasteiger charge is -2.19. The van der Waals surface area contributed by atoms with Crippen molar-refractivity contribution < 1.29 is 0 Å². The molecule has 5 rings (SSSR count). The van der Waals surface area contributed by atoms with Gasteiger partial charge in [-0.25, -0.2) is 4.98 Å². The average Bonchev–Trinajstić information content (AvgIpc) is 3.36. The number of nitrogens with one attached hydrogen (secondary N) is 2. The highest BCUT2D eigenvalue weighted by Crippen LogP contribution is 2.33. The Morgan fingerprint density at radius 1 is 1.27 bits per heavy atom. The Hall–Kier alpha value is -3.24. The highest BCUT2D eigenvalue weighted by molar-refractivity contribution is 5.77. The van der Waals surface area contributed by atoms with Crippen LogP contribution in [0.2, 0.25) is 0 Å². The van der Waals surface area contributed by atoms with Crippen LogP contribution in [0.5, 0.6) is 0 Å². The van der Waals surface area contributed by atoms with Crippen LogP contribution in [0.3, 0.4) is 0 Å². The summed E-state index contributed by atoms with van der Waals surface area (Å²) in [5.41, 5.74) is 3.92. The van der Waals surface area contributed by atoms with E-state index in [9.17, 15) is 10.1 Å². The minimum absolute atomic E-state index is 0.0247. The molecule has 3 aromatic rings. The van der Waals surface area contributed by atoms with Crippen molar-refractivity contribution in [2.24, 2.45) is 0 Å². The van der Waals surface area contributed by atoms with Gasteiger partial charge in [0.05, 0.1) is 0 Å². The molecule has 7 nitrogen and oxygen atoms in total. The maximum Gasteiger partial charge on any atom is 0.270 e. The first-order chi connectivity index (χ1) is 14.5. The minimum Gasteiger partial charge on any atom is -0.324 e. The first-order valence-electron chi connectivity index (χ1n) is 10.4. The van der Waals surface area contributed by atoms with E-state index < -0.39 is 0 Å². The van der Waals surface area contributed by atoms with Gasteiger partial charge in [0.2, 0.25) is 5.95 Å². The Morgan fingerprint density at radius 3 is 2.83 bits per heavy atom. The maximum atomic E-state index is 12.9. The summed E-state index contributed by atoms with van der Waals surface area (Å²) in [4.78, 5) is 22.0. The molecule has 1 aliphatic heterocycles. The van der Waals surface area contributed by atoms with E-state index in [1.165, 1.54) is 11.1 Å². The molecule has 2 N–H and O–H groups in total. The van der Waals surface area contributed by atoms with Gasteiger partial charge in [-0.3, -0.25) is 9.36 Å². The lowest BCUT2D eigenvalue weighted by Crippen LogP contribution is -2.28. The molecule has 0 spiro atoms. The number of rotatable bonds is 3. The SMILES string of the molecule is CC1(C)NCc2cc(Nc3ncc4cc(C#N)c(=O)n(C5CCCC5)c4n3)ccc21. The van der Waals surface area contributed by atoms with E-state index in [0.717, 1.165) is 37.9 Å². The first-order valence-corrected chi connectivity index (χ1v) is 10.4. The third kappa shape index (κ3) is 3.04. The van der Waals surface area contributed by atoms with E-state index in [1.54, 1.807) is 16.8 Å². The van der Waals surface area contributed by atoms with Gasteiger partial charge in [-0.05, 0) is 56.0 Å². The molecule has 30 heavy (non-hydrogen) atoms. The summed E-state index contributed by atoms with van der Waals surface area (Å²) < 4.78 is 1.71. The van der Waals surface area contributed by atoms with Crippen molar-refractivity contribution in [1.82, 2.24) is 19.9 Å². The molecule has 0 atom stereocenters. The Bertz CT molecular complexity index is 1250. The number of benzene rings is 1. The van der Waals surface area contributed by atoms with Crippen molar-refractivity contribution in [3.63, 3.8) is 0 Å². The van der Waals surface area contributed by atoms with Crippen molar-refractivity contribution in [1.29, 1.82) is 5.26 Å². The van der Waals surface area contributed by atoms with Crippen molar-refractivity contribution >= 4 is 22.7 Å². The molecule has 0 amide bonds. The van der Waals surface area contributed by atoms with Crippen LogP contribution in [0, 0.1) is 11.3 Å². The summed E-state index contributed by atoms with van der Waals surface area (Å²) >= 11 is 0. The van der Waals surface area contributed by atoms with Gasteiger partial charge in [0.15, 0.2) is 0 Å². The molecule has 0 unspecified atom stereocenters. The molecule has 2 aromatic heterocycles. The predicted octanol–water partition coefficient (Wildman–Crippen LogP) is 3.86. The predicted molar refractivity (Wildman–Crippen MR) is 116 cm³/mol. The number of fused-ring (bicyclic) bond motifs is 2. The molecule has 0 bridgehead atoms. The molecule has 0 radical (unpaired) electrons. The van der Waals surface area contributed by atoms with Crippen LogP contribution in [-0.4, -0.2) is 14.5 Å². The zero-order valence-electron chi connectivity index (χ0n) is 17.2. The molecule has 152 valence electrons. The van der Waals surface area contributed by atoms with Crippen molar-refractivity contribution in [3.8, 4) is 6.07 Å². The fourth-order valence-corrected chi connectivity index (χ4v) is 4.73. The second-order valence-corrected chi connectivity index (χ2v) is 8.73. The van der Waals surface area contributed by atoms with E-state index >= 15 is 0 Å². The molecule has 1 saturated carbocycles. The lowest BCUT2D eigenvalue weighted by molar-refractivity contribution is 0.442. The maximum absolute atomic E-state index is 12.9. The van der Waals surface area contributed by atoms with Crippen LogP contribution in [-0.2, 0) is 12.1 Å². The second kappa shape index (κ2) is 6.92. The number of nitrogens with zero attached hydrogens (tertiary/aromatic N) is 4. The highest BCUT2D eigenvalue weighted by atomic mass is 16.1. The molecule has 7 heteroatoms. The summed E-state index contributed by atoms with van der Waals surface area (Å²) in [6, 6.07) is 9.99. The molecular formula is C23H24N6O. The van der Waals surface area contributed by atoms with Gasteiger partial charge in [0.1, 0.15) is 17.3 Å².